The second-order valence-electron chi connectivity index (χ2n) is 8.49. The van der Waals surface area contributed by atoms with Gasteiger partial charge in [0.1, 0.15) is 0 Å². The van der Waals surface area contributed by atoms with Crippen molar-refractivity contribution >= 4 is 9.42 Å². The van der Waals surface area contributed by atoms with Gasteiger partial charge in [-0.15, -0.1) is 23.2 Å². The van der Waals surface area contributed by atoms with Crippen molar-refractivity contribution in [1.82, 2.24) is 0 Å². The molecule has 0 fully saturated rings. The van der Waals surface area contributed by atoms with E-state index in [1.807, 2.05) is 26.2 Å². The van der Waals surface area contributed by atoms with Crippen molar-refractivity contribution in [3.05, 3.63) is 28.4 Å². The third kappa shape index (κ3) is 31.0. The molecule has 0 aromatic heterocycles. The zero-order chi connectivity index (χ0) is 22.1. The van der Waals surface area contributed by atoms with Crippen molar-refractivity contribution in [1.29, 1.82) is 0 Å². The molecule has 27 heavy (non-hydrogen) atoms. The Labute approximate surface area is 183 Å². The summed E-state index contributed by atoms with van der Waals surface area (Å²) in [5.74, 6) is 0. The molecule has 0 aliphatic heterocycles. The maximum Gasteiger partial charge on any atom is -0.0663 e. The molecule has 0 saturated carbocycles. The van der Waals surface area contributed by atoms with E-state index in [0.717, 1.165) is 12.8 Å². The van der Waals surface area contributed by atoms with Gasteiger partial charge >= 0.3 is 50.1 Å². The molecule has 0 atom stereocenters. The molecule has 0 heterocycles. The largest absolute Gasteiger partial charge is 0.687 e. The Bertz CT molecular complexity index is 352. The molecule has 0 aliphatic rings. The molecule has 0 spiro atoms. The van der Waals surface area contributed by atoms with Crippen LogP contribution in [-0.2, 0) is 17.3 Å². The van der Waals surface area contributed by atoms with E-state index in [0.29, 0.717) is 18.1 Å². The number of nitrogens with zero attached hydrogens (tertiary/aromatic N) is 4. The van der Waals surface area contributed by atoms with E-state index >= 15 is 0 Å². The minimum Gasteiger partial charge on any atom is -0.687 e. The molecule has 0 rings (SSSR count). The molecular formula is C21H45ClN4W-3. The van der Waals surface area contributed by atoms with E-state index in [1.54, 1.807) is 0 Å². The van der Waals surface area contributed by atoms with E-state index in [1.165, 1.54) is 0 Å². The molecule has 0 amide bonds. The minimum atomic E-state index is -0.729. The SMILES string of the molecule is CC(C)[N-]C(C)C.CC(C)[N]=[W][Cl].CCC(C)(C)[N-]/C=C\[N-]C(C)(C)CC. The van der Waals surface area contributed by atoms with Gasteiger partial charge < -0.3 is 16.0 Å². The van der Waals surface area contributed by atoms with Crippen LogP contribution in [-0.4, -0.2) is 29.2 Å². The fourth-order valence-corrected chi connectivity index (χ4v) is 3.21. The number of rotatable bonds is 9. The molecule has 6 heteroatoms. The average molecular weight is 573 g/mol. The van der Waals surface area contributed by atoms with Gasteiger partial charge in [-0.25, -0.2) is 12.4 Å². The molecule has 0 bridgehead atoms. The first-order valence-electron chi connectivity index (χ1n) is 9.99. The molecule has 0 N–H and O–H groups in total. The van der Waals surface area contributed by atoms with E-state index in [9.17, 15) is 0 Å². The molecular weight excluding hydrogens is 528 g/mol. The van der Waals surface area contributed by atoms with Crippen LogP contribution >= 0.6 is 9.42 Å². The quantitative estimate of drug-likeness (QED) is 0.266. The molecule has 0 saturated heterocycles. The van der Waals surface area contributed by atoms with E-state index < -0.39 is 17.3 Å². The predicted molar refractivity (Wildman–Crippen MR) is 122 cm³/mol. The zero-order valence-corrected chi connectivity index (χ0v) is 23.6. The van der Waals surface area contributed by atoms with Crippen LogP contribution < -0.4 is 0 Å². The summed E-state index contributed by atoms with van der Waals surface area (Å²) in [6, 6.07) is 1.47. The van der Waals surface area contributed by atoms with Crippen molar-refractivity contribution in [2.24, 2.45) is 3.50 Å². The van der Waals surface area contributed by atoms with Crippen LogP contribution in [0.4, 0.5) is 0 Å². The van der Waals surface area contributed by atoms with E-state index in [4.69, 9.17) is 9.42 Å². The number of halogens is 1. The fourth-order valence-electron chi connectivity index (χ4n) is 1.33. The second-order valence-corrected chi connectivity index (χ2v) is 10.9. The molecule has 165 valence electrons. The Morgan fingerprint density at radius 2 is 1.15 bits per heavy atom. The Morgan fingerprint density at radius 3 is 1.26 bits per heavy atom. The maximum absolute atomic E-state index is 5.40. The first kappa shape index (κ1) is 31.8. The molecule has 4 nitrogen and oxygen atoms in total. The standard InChI is InChI=1S/C12H24N2.C6H14N.C3H7N.ClH.W/c1-7-11(3,4)13-9-10-14-12(5,6)8-2;1-5(2)7-6(3)4;1-3(2)4;;/h9-10H,7-8H2,1-6H3;5-6H,1-4H3;3H,1-2H3;1H;/q-2;-1;;;+1/p-1/b10-9-;;;;. The molecule has 0 unspecified atom stereocenters. The van der Waals surface area contributed by atoms with Gasteiger partial charge in [0.15, 0.2) is 0 Å². The van der Waals surface area contributed by atoms with Crippen molar-refractivity contribution in [2.75, 3.05) is 0 Å². The van der Waals surface area contributed by atoms with Crippen LogP contribution in [0.1, 0.15) is 95.9 Å². The third-order valence-corrected chi connectivity index (χ3v) is 5.95. The summed E-state index contributed by atoms with van der Waals surface area (Å²) in [5, 5.41) is 13.2. The minimum absolute atomic E-state index is 0.0440. The predicted octanol–water partition coefficient (Wildman–Crippen LogP) is 8.57. The van der Waals surface area contributed by atoms with Crippen LogP contribution in [0.3, 0.4) is 0 Å². The van der Waals surface area contributed by atoms with Gasteiger partial charge in [-0.2, -0.15) is 0 Å². The van der Waals surface area contributed by atoms with Crippen LogP contribution in [0.2, 0.25) is 0 Å². The van der Waals surface area contributed by atoms with Crippen molar-refractivity contribution in [3.63, 3.8) is 0 Å². The van der Waals surface area contributed by atoms with Gasteiger partial charge in [0.05, 0.1) is 0 Å². The zero-order valence-electron chi connectivity index (χ0n) is 19.9. The molecule has 0 aromatic carbocycles. The third-order valence-electron chi connectivity index (χ3n) is 3.49. The molecule has 0 radical (unpaired) electrons. The van der Waals surface area contributed by atoms with Gasteiger partial charge in [-0.1, -0.05) is 82.1 Å². The van der Waals surface area contributed by atoms with Gasteiger partial charge in [0.25, 0.3) is 0 Å². The fraction of sp³-hybridized carbons (Fsp3) is 0.905. The normalized spacial score (nSPS) is 12.3. The second kappa shape index (κ2) is 18.1. The summed E-state index contributed by atoms with van der Waals surface area (Å²) in [7, 11) is 5.40. The van der Waals surface area contributed by atoms with Crippen LogP contribution in [0.25, 0.3) is 16.0 Å². The van der Waals surface area contributed by atoms with Crippen LogP contribution in [0.5, 0.6) is 0 Å². The van der Waals surface area contributed by atoms with Crippen molar-refractivity contribution in [3.8, 4) is 0 Å². The summed E-state index contributed by atoms with van der Waals surface area (Å²) < 4.78 is 4.06. The topological polar surface area (TPSA) is 54.7 Å². The van der Waals surface area contributed by atoms with E-state index in [2.05, 4.69) is 88.7 Å². The summed E-state index contributed by atoms with van der Waals surface area (Å²) in [4.78, 5) is 0. The Hall–Kier alpha value is 0.0783. The van der Waals surface area contributed by atoms with Crippen molar-refractivity contribution in [2.45, 2.75) is 125 Å². The van der Waals surface area contributed by atoms with Gasteiger partial charge in [-0.05, 0) is 0 Å². The van der Waals surface area contributed by atoms with E-state index in [-0.39, 0.29) is 11.1 Å². The Morgan fingerprint density at radius 1 is 0.815 bits per heavy atom. The summed E-state index contributed by atoms with van der Waals surface area (Å²) in [6.45, 7) is 25.3. The van der Waals surface area contributed by atoms with Gasteiger partial charge in [-0.3, -0.25) is 0 Å². The van der Waals surface area contributed by atoms with Crippen LogP contribution in [0, 0.1) is 0 Å². The first-order valence-corrected chi connectivity index (χ1v) is 14.9. The monoisotopic (exact) mass is 572 g/mol. The summed E-state index contributed by atoms with van der Waals surface area (Å²) >= 11 is -0.729. The number of hydrogen-bond acceptors (Lipinski definition) is 1. The average Bonchev–Trinajstić information content (AvgIpc) is 2.51. The number of hydrogen-bond donors (Lipinski definition) is 0. The van der Waals surface area contributed by atoms with Crippen LogP contribution in [0.15, 0.2) is 15.9 Å². The van der Waals surface area contributed by atoms with Gasteiger partial charge in [0, 0.05) is 0 Å². The Balaban J connectivity index is -0.000000369. The summed E-state index contributed by atoms with van der Waals surface area (Å²) in [6.07, 6.45) is 5.74. The maximum atomic E-state index is 5.40. The molecule has 0 aromatic rings. The van der Waals surface area contributed by atoms with Gasteiger partial charge in [0.2, 0.25) is 0 Å². The molecule has 0 aliphatic carbocycles. The first-order chi connectivity index (χ1) is 12.2. The van der Waals surface area contributed by atoms with Crippen molar-refractivity contribution < 1.29 is 17.3 Å². The smallest absolute Gasteiger partial charge is 0.0663 e. The Kier molecular flexibility index (Phi) is 21.3. The summed E-state index contributed by atoms with van der Waals surface area (Å²) in [5.41, 5.74) is 0.0881.